The van der Waals surface area contributed by atoms with Crippen LogP contribution < -0.4 is 20.1 Å². The minimum absolute atomic E-state index is 0.222. The molecular weight excluding hydrogens is 530 g/mol. The van der Waals surface area contributed by atoms with Gasteiger partial charge in [0.05, 0.1) is 25.4 Å². The molecule has 3 aromatic carbocycles. The van der Waals surface area contributed by atoms with Crippen LogP contribution in [0, 0.1) is 0 Å². The lowest BCUT2D eigenvalue weighted by Gasteiger charge is -2.25. The Bertz CT molecular complexity index is 1390. The Hall–Kier alpha value is -3.88. The minimum atomic E-state index is -0.869. The summed E-state index contributed by atoms with van der Waals surface area (Å²) in [5, 5.41) is 17.8. The summed E-state index contributed by atoms with van der Waals surface area (Å²) in [5.74, 6) is 1.29. The van der Waals surface area contributed by atoms with Crippen molar-refractivity contribution in [2.45, 2.75) is 56.7 Å². The fraction of sp³-hybridized carbons (Fsp3) is 0.412. The molecule has 2 amide bonds. The number of fused-ring (bicyclic) bond motifs is 4. The molecule has 3 N–H and O–H groups in total. The van der Waals surface area contributed by atoms with Crippen molar-refractivity contribution in [3.63, 3.8) is 0 Å². The first-order valence-electron chi connectivity index (χ1n) is 14.9. The van der Waals surface area contributed by atoms with Crippen molar-refractivity contribution >= 4 is 11.8 Å². The molecule has 5 rings (SSSR count). The van der Waals surface area contributed by atoms with Crippen LogP contribution in [-0.2, 0) is 13.0 Å². The number of nitrogens with zero attached hydrogens (tertiary/aromatic N) is 1. The van der Waals surface area contributed by atoms with Crippen molar-refractivity contribution in [2.24, 2.45) is 0 Å². The maximum atomic E-state index is 13.6. The van der Waals surface area contributed by atoms with E-state index in [2.05, 4.69) is 34.9 Å². The Labute approximate surface area is 248 Å². The van der Waals surface area contributed by atoms with Crippen molar-refractivity contribution in [3.8, 4) is 11.5 Å². The lowest BCUT2D eigenvalue weighted by molar-refractivity contribution is 0.0825. The third-order valence-corrected chi connectivity index (χ3v) is 7.72. The molecule has 1 fully saturated rings. The van der Waals surface area contributed by atoms with Gasteiger partial charge >= 0.3 is 0 Å². The van der Waals surface area contributed by atoms with E-state index in [0.717, 1.165) is 24.2 Å². The fourth-order valence-electron chi connectivity index (χ4n) is 5.21. The van der Waals surface area contributed by atoms with Gasteiger partial charge in [0.1, 0.15) is 11.5 Å². The summed E-state index contributed by atoms with van der Waals surface area (Å²) in [6, 6.07) is 20.7. The van der Waals surface area contributed by atoms with Crippen molar-refractivity contribution in [1.29, 1.82) is 0 Å². The fourth-order valence-corrected chi connectivity index (χ4v) is 5.21. The SMILES string of the molecule is CN(C)C(=O)c1cc2cc(c1)C(=O)N[C@H]([C@H](O)CNCc1cccc(C3CC3)c1)Cc1cccc(c1)OCCCCO2. The van der Waals surface area contributed by atoms with Crippen LogP contribution >= 0.6 is 0 Å². The number of hydrogen-bond acceptors (Lipinski definition) is 6. The number of amides is 2. The summed E-state index contributed by atoms with van der Waals surface area (Å²) in [4.78, 5) is 27.9. The topological polar surface area (TPSA) is 100 Å². The molecule has 4 bridgehead atoms. The summed E-state index contributed by atoms with van der Waals surface area (Å²) in [6.07, 6.45) is 3.60. The average Bonchev–Trinajstić information content (AvgIpc) is 3.84. The number of rotatable bonds is 7. The van der Waals surface area contributed by atoms with Crippen LogP contribution in [-0.4, -0.2) is 67.8 Å². The molecule has 222 valence electrons. The molecule has 0 spiro atoms. The highest BCUT2D eigenvalue weighted by Gasteiger charge is 2.25. The van der Waals surface area contributed by atoms with Crippen LogP contribution in [0.5, 0.6) is 11.5 Å². The smallest absolute Gasteiger partial charge is 0.253 e. The first kappa shape index (κ1) is 29.6. The van der Waals surface area contributed by atoms with Gasteiger partial charge in [-0.3, -0.25) is 9.59 Å². The summed E-state index contributed by atoms with van der Waals surface area (Å²) in [5.41, 5.74) is 4.17. The van der Waals surface area contributed by atoms with Gasteiger partial charge in [-0.25, -0.2) is 0 Å². The summed E-state index contributed by atoms with van der Waals surface area (Å²) in [6.45, 7) is 1.89. The molecule has 0 radical (unpaired) electrons. The molecular formula is C34H41N3O5. The van der Waals surface area contributed by atoms with E-state index >= 15 is 0 Å². The van der Waals surface area contributed by atoms with E-state index in [-0.39, 0.29) is 11.8 Å². The van der Waals surface area contributed by atoms with Gasteiger partial charge in [0.25, 0.3) is 11.8 Å². The quantitative estimate of drug-likeness (QED) is 0.391. The van der Waals surface area contributed by atoms with Gasteiger partial charge in [0.15, 0.2) is 0 Å². The van der Waals surface area contributed by atoms with Crippen molar-refractivity contribution < 1.29 is 24.2 Å². The van der Waals surface area contributed by atoms with E-state index in [9.17, 15) is 14.7 Å². The Morgan fingerprint density at radius 2 is 1.76 bits per heavy atom. The van der Waals surface area contributed by atoms with Crippen molar-refractivity contribution in [2.75, 3.05) is 33.9 Å². The Morgan fingerprint density at radius 1 is 1.00 bits per heavy atom. The zero-order chi connectivity index (χ0) is 29.5. The number of carbonyl (C=O) groups is 2. The second kappa shape index (κ2) is 13.9. The van der Waals surface area contributed by atoms with E-state index in [1.165, 1.54) is 28.9 Å². The van der Waals surface area contributed by atoms with Gasteiger partial charge in [-0.2, -0.15) is 0 Å². The van der Waals surface area contributed by atoms with E-state index in [1.807, 2.05) is 24.3 Å². The number of aliphatic hydroxyl groups excluding tert-OH is 1. The maximum absolute atomic E-state index is 13.6. The van der Waals surface area contributed by atoms with Crippen LogP contribution in [0.15, 0.2) is 66.7 Å². The third kappa shape index (κ3) is 8.11. The van der Waals surface area contributed by atoms with E-state index < -0.39 is 12.1 Å². The van der Waals surface area contributed by atoms with Gasteiger partial charge in [-0.1, -0.05) is 36.4 Å². The molecule has 0 unspecified atom stereocenters. The van der Waals surface area contributed by atoms with Gasteiger partial charge in [-0.05, 0) is 85.0 Å². The number of aliphatic hydroxyl groups is 1. The van der Waals surface area contributed by atoms with Crippen LogP contribution in [0.3, 0.4) is 0 Å². The second-order valence-corrected chi connectivity index (χ2v) is 11.5. The maximum Gasteiger partial charge on any atom is 0.253 e. The summed E-state index contributed by atoms with van der Waals surface area (Å²) in [7, 11) is 3.34. The first-order chi connectivity index (χ1) is 20.4. The van der Waals surface area contributed by atoms with Gasteiger partial charge in [0, 0.05) is 38.3 Å². The normalized spacial score (nSPS) is 18.3. The molecule has 42 heavy (non-hydrogen) atoms. The zero-order valence-corrected chi connectivity index (χ0v) is 24.5. The molecule has 2 atom stereocenters. The molecule has 8 heteroatoms. The van der Waals surface area contributed by atoms with Crippen LogP contribution in [0.1, 0.15) is 69.0 Å². The molecule has 1 aliphatic carbocycles. The van der Waals surface area contributed by atoms with Gasteiger partial charge < -0.3 is 30.1 Å². The van der Waals surface area contributed by atoms with Crippen molar-refractivity contribution in [1.82, 2.24) is 15.5 Å². The van der Waals surface area contributed by atoms with Crippen LogP contribution in [0.4, 0.5) is 0 Å². The average molecular weight is 572 g/mol. The molecule has 0 aromatic heterocycles. The van der Waals surface area contributed by atoms with E-state index in [4.69, 9.17) is 9.47 Å². The summed E-state index contributed by atoms with van der Waals surface area (Å²) >= 11 is 0. The predicted octanol–water partition coefficient (Wildman–Crippen LogP) is 4.31. The molecule has 2 aliphatic rings. The van der Waals surface area contributed by atoms with E-state index in [1.54, 1.807) is 32.3 Å². The lowest BCUT2D eigenvalue weighted by atomic mass is 9.99. The van der Waals surface area contributed by atoms with Crippen LogP contribution in [0.25, 0.3) is 0 Å². The minimum Gasteiger partial charge on any atom is -0.494 e. The predicted molar refractivity (Wildman–Crippen MR) is 162 cm³/mol. The molecule has 8 nitrogen and oxygen atoms in total. The first-order valence-corrected chi connectivity index (χ1v) is 14.9. The summed E-state index contributed by atoms with van der Waals surface area (Å²) < 4.78 is 11.9. The second-order valence-electron chi connectivity index (χ2n) is 11.5. The molecule has 1 saturated carbocycles. The highest BCUT2D eigenvalue weighted by atomic mass is 16.5. The van der Waals surface area contributed by atoms with Gasteiger partial charge in [0.2, 0.25) is 0 Å². The van der Waals surface area contributed by atoms with E-state index in [0.29, 0.717) is 55.5 Å². The number of hydrogen-bond donors (Lipinski definition) is 3. The lowest BCUT2D eigenvalue weighted by Crippen LogP contribution is -2.48. The highest BCUT2D eigenvalue weighted by molar-refractivity contribution is 6.00. The number of carbonyl (C=O) groups excluding carboxylic acids is 2. The van der Waals surface area contributed by atoms with Crippen molar-refractivity contribution in [3.05, 3.63) is 94.5 Å². The standard InChI is InChI=1S/C34H41N3O5/c1-37(2)34(40)28-18-27-19-30(20-28)42-14-4-3-13-41-29-10-6-7-23(16-29)17-31(36-33(27)39)32(38)22-35-21-24-8-5-9-26(15-24)25-11-12-25/h5-10,15-16,18-20,25,31-32,35,38H,3-4,11-14,17,21-22H2,1-2H3,(H,36,39)/t31-,32+/m0/s1. The molecule has 1 aliphatic heterocycles. The number of nitrogens with one attached hydrogen (secondary N) is 2. The Kier molecular flexibility index (Phi) is 9.77. The Morgan fingerprint density at radius 3 is 2.52 bits per heavy atom. The molecule has 3 aromatic rings. The molecule has 0 saturated heterocycles. The largest absolute Gasteiger partial charge is 0.494 e. The monoisotopic (exact) mass is 571 g/mol. The Balaban J connectivity index is 1.36. The highest BCUT2D eigenvalue weighted by Crippen LogP contribution is 2.40. The zero-order valence-electron chi connectivity index (χ0n) is 24.5. The van der Waals surface area contributed by atoms with Gasteiger partial charge in [-0.15, -0.1) is 0 Å². The number of ether oxygens (including phenoxy) is 2. The third-order valence-electron chi connectivity index (χ3n) is 7.72. The molecule has 1 heterocycles. The number of benzene rings is 3. The van der Waals surface area contributed by atoms with Crippen LogP contribution in [0.2, 0.25) is 0 Å².